The van der Waals surface area contributed by atoms with Crippen LogP contribution in [-0.2, 0) is 19.0 Å². The summed E-state index contributed by atoms with van der Waals surface area (Å²) in [7, 11) is 1.91. The molecule has 1 saturated heterocycles. The number of rotatable bonds is 5. The van der Waals surface area contributed by atoms with E-state index < -0.39 is 29.2 Å². The summed E-state index contributed by atoms with van der Waals surface area (Å²) < 4.78 is 89.6. The average molecular weight is 471 g/mol. The molecule has 1 fully saturated rings. The van der Waals surface area contributed by atoms with Gasteiger partial charge in [0.2, 0.25) is 11.7 Å². The Morgan fingerprint density at radius 1 is 1.03 bits per heavy atom. The van der Waals surface area contributed by atoms with Gasteiger partial charge < -0.3 is 9.26 Å². The molecule has 0 unspecified atom stereocenters. The molecule has 1 aromatic heterocycles. The zero-order valence-corrected chi connectivity index (χ0v) is 17.4. The molecule has 4 rings (SSSR count). The lowest BCUT2D eigenvalue weighted by Crippen LogP contribution is -2.17. The lowest BCUT2D eigenvalue weighted by molar-refractivity contribution is -0.139. The quantitative estimate of drug-likeness (QED) is 0.420. The summed E-state index contributed by atoms with van der Waals surface area (Å²) in [5.41, 5.74) is -1.49. The number of likely N-dealkylation sites (tertiary alicyclic amines) is 1. The highest BCUT2D eigenvalue weighted by Gasteiger charge is 2.36. The van der Waals surface area contributed by atoms with Gasteiger partial charge in [-0.05, 0) is 62.3 Å². The molecule has 0 aliphatic carbocycles. The van der Waals surface area contributed by atoms with Crippen molar-refractivity contribution in [2.24, 2.45) is 0 Å². The van der Waals surface area contributed by atoms with Crippen molar-refractivity contribution in [2.45, 2.75) is 37.8 Å². The smallest absolute Gasteiger partial charge is 0.419 e. The Hall–Kier alpha value is -3.08. The maximum Gasteiger partial charge on any atom is 0.419 e. The number of benzene rings is 2. The molecular formula is C22H19F6N3O2. The van der Waals surface area contributed by atoms with Gasteiger partial charge in [0, 0.05) is 5.56 Å². The van der Waals surface area contributed by atoms with Gasteiger partial charge in [0.25, 0.3) is 0 Å². The summed E-state index contributed by atoms with van der Waals surface area (Å²) in [6.07, 6.45) is -7.45. The van der Waals surface area contributed by atoms with Crippen LogP contribution in [0.2, 0.25) is 0 Å². The van der Waals surface area contributed by atoms with Crippen LogP contribution in [0.15, 0.2) is 47.0 Å². The SMILES string of the molecule is CN1CCC[C@H]1c1nc(-c2ccc(OCc3ccc(C(F)(F)F)cc3)c(C(F)(F)F)c2)no1. The van der Waals surface area contributed by atoms with Crippen molar-refractivity contribution in [1.82, 2.24) is 15.0 Å². The monoisotopic (exact) mass is 471 g/mol. The Labute approximate surface area is 185 Å². The van der Waals surface area contributed by atoms with Gasteiger partial charge >= 0.3 is 12.4 Å². The van der Waals surface area contributed by atoms with Gasteiger partial charge in [-0.3, -0.25) is 4.90 Å². The summed E-state index contributed by atoms with van der Waals surface area (Å²) >= 11 is 0. The summed E-state index contributed by atoms with van der Waals surface area (Å²) in [5.74, 6) is -0.0725. The first-order chi connectivity index (χ1) is 15.5. The molecule has 33 heavy (non-hydrogen) atoms. The molecule has 176 valence electrons. The van der Waals surface area contributed by atoms with Gasteiger partial charge in [-0.25, -0.2) is 0 Å². The van der Waals surface area contributed by atoms with Crippen LogP contribution >= 0.6 is 0 Å². The second-order valence-corrected chi connectivity index (χ2v) is 7.79. The van der Waals surface area contributed by atoms with Crippen LogP contribution in [-0.4, -0.2) is 28.6 Å². The fourth-order valence-electron chi connectivity index (χ4n) is 3.68. The summed E-state index contributed by atoms with van der Waals surface area (Å²) in [5, 5.41) is 3.83. The van der Waals surface area contributed by atoms with Crippen LogP contribution in [0.5, 0.6) is 5.75 Å². The Morgan fingerprint density at radius 3 is 2.36 bits per heavy atom. The van der Waals surface area contributed by atoms with E-state index in [4.69, 9.17) is 9.26 Å². The van der Waals surface area contributed by atoms with Gasteiger partial charge in [-0.2, -0.15) is 31.3 Å². The van der Waals surface area contributed by atoms with E-state index in [1.165, 1.54) is 6.07 Å². The summed E-state index contributed by atoms with van der Waals surface area (Å²) in [6.45, 7) is 0.534. The van der Waals surface area contributed by atoms with Gasteiger partial charge in [-0.1, -0.05) is 17.3 Å². The van der Waals surface area contributed by atoms with Crippen LogP contribution in [0.4, 0.5) is 26.3 Å². The van der Waals surface area contributed by atoms with E-state index in [2.05, 4.69) is 10.1 Å². The third-order valence-electron chi connectivity index (χ3n) is 5.47. The van der Waals surface area contributed by atoms with Crippen LogP contribution in [0.3, 0.4) is 0 Å². The number of hydrogen-bond acceptors (Lipinski definition) is 5. The zero-order valence-electron chi connectivity index (χ0n) is 17.4. The fourth-order valence-corrected chi connectivity index (χ4v) is 3.68. The number of ether oxygens (including phenoxy) is 1. The number of nitrogens with zero attached hydrogens (tertiary/aromatic N) is 3. The lowest BCUT2D eigenvalue weighted by Gasteiger charge is -2.15. The third kappa shape index (κ3) is 5.13. The molecular weight excluding hydrogens is 452 g/mol. The number of alkyl halides is 6. The molecule has 0 amide bonds. The lowest BCUT2D eigenvalue weighted by atomic mass is 10.1. The molecule has 1 atom stereocenters. The first-order valence-corrected chi connectivity index (χ1v) is 10.1. The predicted molar refractivity (Wildman–Crippen MR) is 105 cm³/mol. The van der Waals surface area contributed by atoms with Crippen molar-refractivity contribution in [1.29, 1.82) is 0 Å². The van der Waals surface area contributed by atoms with Crippen molar-refractivity contribution >= 4 is 0 Å². The largest absolute Gasteiger partial charge is 0.488 e. The van der Waals surface area contributed by atoms with E-state index in [-0.39, 0.29) is 24.0 Å². The third-order valence-corrected chi connectivity index (χ3v) is 5.47. The molecule has 0 N–H and O–H groups in total. The molecule has 1 aliphatic rings. The highest BCUT2D eigenvalue weighted by Crippen LogP contribution is 2.39. The first kappa shape index (κ1) is 23.1. The van der Waals surface area contributed by atoms with Crippen molar-refractivity contribution < 1.29 is 35.6 Å². The molecule has 0 radical (unpaired) electrons. The second kappa shape index (κ2) is 8.69. The van der Waals surface area contributed by atoms with E-state index in [1.54, 1.807) is 0 Å². The van der Waals surface area contributed by atoms with E-state index in [0.29, 0.717) is 11.5 Å². The highest BCUT2D eigenvalue weighted by atomic mass is 19.4. The maximum absolute atomic E-state index is 13.7. The van der Waals surface area contributed by atoms with E-state index in [0.717, 1.165) is 55.8 Å². The minimum Gasteiger partial charge on any atom is -0.488 e. The maximum atomic E-state index is 13.7. The van der Waals surface area contributed by atoms with Crippen LogP contribution < -0.4 is 4.74 Å². The summed E-state index contributed by atoms with van der Waals surface area (Å²) in [4.78, 5) is 6.31. The van der Waals surface area contributed by atoms with Gasteiger partial charge in [0.05, 0.1) is 17.2 Å². The van der Waals surface area contributed by atoms with Crippen molar-refractivity contribution in [3.63, 3.8) is 0 Å². The first-order valence-electron chi connectivity index (χ1n) is 10.1. The molecule has 2 heterocycles. The zero-order chi connectivity index (χ0) is 23.8. The Kier molecular flexibility index (Phi) is 6.08. The number of aromatic nitrogens is 2. The van der Waals surface area contributed by atoms with Crippen molar-refractivity contribution in [3.05, 3.63) is 65.0 Å². The molecule has 0 spiro atoms. The Morgan fingerprint density at radius 2 is 1.76 bits per heavy atom. The average Bonchev–Trinajstić information content (AvgIpc) is 3.40. The van der Waals surface area contributed by atoms with E-state index >= 15 is 0 Å². The fraction of sp³-hybridized carbons (Fsp3) is 0.364. The molecule has 5 nitrogen and oxygen atoms in total. The minimum absolute atomic E-state index is 0.0325. The molecule has 0 saturated carbocycles. The highest BCUT2D eigenvalue weighted by molar-refractivity contribution is 5.59. The van der Waals surface area contributed by atoms with Crippen LogP contribution in [0, 0.1) is 0 Å². The number of halogens is 6. The second-order valence-electron chi connectivity index (χ2n) is 7.79. The van der Waals surface area contributed by atoms with E-state index in [9.17, 15) is 26.3 Å². The molecule has 0 bridgehead atoms. The van der Waals surface area contributed by atoms with Crippen LogP contribution in [0.1, 0.15) is 41.5 Å². The predicted octanol–water partition coefficient (Wildman–Crippen LogP) is 6.12. The van der Waals surface area contributed by atoms with Crippen LogP contribution in [0.25, 0.3) is 11.4 Å². The topological polar surface area (TPSA) is 51.4 Å². The standard InChI is InChI=1S/C22H19F6N3O2/c1-31-10-2-3-17(31)20-29-19(30-33-20)14-6-9-18(16(11-14)22(26,27)28)32-12-13-4-7-15(8-5-13)21(23,24)25/h4-9,11,17H,2-3,10,12H2,1H3/t17-/m0/s1. The van der Waals surface area contributed by atoms with Crippen molar-refractivity contribution in [3.8, 4) is 17.1 Å². The summed E-state index contributed by atoms with van der Waals surface area (Å²) in [6, 6.07) is 7.33. The number of hydrogen-bond donors (Lipinski definition) is 0. The van der Waals surface area contributed by atoms with E-state index in [1.807, 2.05) is 11.9 Å². The molecule has 3 aromatic rings. The van der Waals surface area contributed by atoms with Gasteiger partial charge in [0.15, 0.2) is 0 Å². The normalized spacial score (nSPS) is 17.5. The van der Waals surface area contributed by atoms with Crippen molar-refractivity contribution in [2.75, 3.05) is 13.6 Å². The molecule has 2 aromatic carbocycles. The Balaban J connectivity index is 1.54. The Bertz CT molecular complexity index is 1110. The van der Waals surface area contributed by atoms with Gasteiger partial charge in [-0.15, -0.1) is 0 Å². The van der Waals surface area contributed by atoms with Gasteiger partial charge in [0.1, 0.15) is 12.4 Å². The molecule has 11 heteroatoms. The minimum atomic E-state index is -4.73. The molecule has 1 aliphatic heterocycles.